The fraction of sp³-hybridized carbons (Fsp3) is 0.357. The molecule has 1 unspecified atom stereocenters. The summed E-state index contributed by atoms with van der Waals surface area (Å²) in [5.41, 5.74) is 11.2. The number of fused-ring (bicyclic) bond motifs is 1. The molecule has 3 heteroatoms. The Labute approximate surface area is 101 Å². The lowest BCUT2D eigenvalue weighted by Crippen LogP contribution is -1.98. The second kappa shape index (κ2) is 3.62. The van der Waals surface area contributed by atoms with E-state index < -0.39 is 0 Å². The molecule has 1 atom stereocenters. The van der Waals surface area contributed by atoms with Crippen LogP contribution in [0.1, 0.15) is 18.1 Å². The molecule has 0 bridgehead atoms. The third kappa shape index (κ3) is 1.62. The average molecular weight is 227 g/mol. The van der Waals surface area contributed by atoms with Gasteiger partial charge in [-0.1, -0.05) is 25.1 Å². The summed E-state index contributed by atoms with van der Waals surface area (Å²) in [5, 5.41) is 4.19. The highest BCUT2D eigenvalue weighted by Crippen LogP contribution is 2.32. The molecule has 0 aliphatic heterocycles. The Morgan fingerprint density at radius 3 is 2.76 bits per heavy atom. The second-order valence-electron chi connectivity index (χ2n) is 5.06. The number of rotatable bonds is 1. The molecule has 3 nitrogen and oxygen atoms in total. The molecule has 88 valence electrons. The Hall–Kier alpha value is -1.77. The van der Waals surface area contributed by atoms with E-state index in [4.69, 9.17) is 5.73 Å². The zero-order valence-electron chi connectivity index (χ0n) is 10.3. The molecule has 1 aliphatic carbocycles. The Morgan fingerprint density at radius 2 is 2.06 bits per heavy atom. The number of anilines is 1. The molecule has 2 N–H and O–H groups in total. The predicted octanol–water partition coefficient (Wildman–Crippen LogP) is 2.40. The van der Waals surface area contributed by atoms with E-state index in [1.54, 1.807) is 4.68 Å². The van der Waals surface area contributed by atoms with Gasteiger partial charge in [0.2, 0.25) is 0 Å². The fourth-order valence-electron chi connectivity index (χ4n) is 2.68. The number of nitrogens with zero attached hydrogens (tertiary/aromatic N) is 2. The molecule has 0 fully saturated rings. The monoisotopic (exact) mass is 227 g/mol. The van der Waals surface area contributed by atoms with Crippen LogP contribution in [0.5, 0.6) is 0 Å². The van der Waals surface area contributed by atoms with E-state index in [0.717, 1.165) is 17.3 Å². The lowest BCUT2D eigenvalue weighted by atomic mass is 10.0. The highest BCUT2D eigenvalue weighted by Gasteiger charge is 2.18. The van der Waals surface area contributed by atoms with Crippen molar-refractivity contribution in [2.45, 2.75) is 19.8 Å². The number of nitrogens with two attached hydrogens (primary N) is 1. The molecule has 0 spiro atoms. The molecule has 0 radical (unpaired) electrons. The Balaban J connectivity index is 2.06. The van der Waals surface area contributed by atoms with Gasteiger partial charge in [0.15, 0.2) is 0 Å². The van der Waals surface area contributed by atoms with Gasteiger partial charge >= 0.3 is 0 Å². The van der Waals surface area contributed by atoms with Crippen LogP contribution in [0.2, 0.25) is 0 Å². The van der Waals surface area contributed by atoms with Crippen molar-refractivity contribution >= 4 is 5.82 Å². The second-order valence-corrected chi connectivity index (χ2v) is 5.06. The Kier molecular flexibility index (Phi) is 2.21. The summed E-state index contributed by atoms with van der Waals surface area (Å²) < 4.78 is 1.71. The number of aryl methyl sites for hydroxylation is 1. The molecular weight excluding hydrogens is 210 g/mol. The Bertz CT molecular complexity index is 569. The summed E-state index contributed by atoms with van der Waals surface area (Å²) >= 11 is 0. The predicted molar refractivity (Wildman–Crippen MR) is 69.6 cm³/mol. The van der Waals surface area contributed by atoms with Gasteiger partial charge in [-0.05, 0) is 35.4 Å². The number of hydrogen-bond donors (Lipinski definition) is 1. The summed E-state index contributed by atoms with van der Waals surface area (Å²) in [5.74, 6) is 1.50. The van der Waals surface area contributed by atoms with E-state index in [1.165, 1.54) is 29.5 Å². The highest BCUT2D eigenvalue weighted by atomic mass is 15.3. The van der Waals surface area contributed by atoms with Crippen molar-refractivity contribution in [1.29, 1.82) is 0 Å². The van der Waals surface area contributed by atoms with Crippen LogP contribution in [0.25, 0.3) is 11.1 Å². The summed E-state index contributed by atoms with van der Waals surface area (Å²) in [6.07, 6.45) is 4.23. The van der Waals surface area contributed by atoms with Crippen LogP contribution in [-0.2, 0) is 19.9 Å². The third-order valence-corrected chi connectivity index (χ3v) is 3.64. The van der Waals surface area contributed by atoms with Crippen molar-refractivity contribution in [3.8, 4) is 11.1 Å². The normalized spacial score (nSPS) is 18.4. The van der Waals surface area contributed by atoms with E-state index in [1.807, 2.05) is 13.2 Å². The van der Waals surface area contributed by atoms with Crippen LogP contribution in [0.15, 0.2) is 24.4 Å². The van der Waals surface area contributed by atoms with Crippen LogP contribution < -0.4 is 5.73 Å². The maximum atomic E-state index is 6.01. The smallest absolute Gasteiger partial charge is 0.129 e. The van der Waals surface area contributed by atoms with Gasteiger partial charge in [0.25, 0.3) is 0 Å². The summed E-state index contributed by atoms with van der Waals surface area (Å²) in [4.78, 5) is 0. The van der Waals surface area contributed by atoms with Gasteiger partial charge in [-0.3, -0.25) is 4.68 Å². The van der Waals surface area contributed by atoms with Crippen LogP contribution in [-0.4, -0.2) is 9.78 Å². The van der Waals surface area contributed by atoms with Crippen molar-refractivity contribution in [1.82, 2.24) is 9.78 Å². The molecular formula is C14H17N3. The van der Waals surface area contributed by atoms with Crippen LogP contribution in [0.3, 0.4) is 0 Å². The molecule has 0 saturated carbocycles. The van der Waals surface area contributed by atoms with Gasteiger partial charge in [-0.25, -0.2) is 0 Å². The van der Waals surface area contributed by atoms with E-state index in [2.05, 4.69) is 30.2 Å². The van der Waals surface area contributed by atoms with Crippen LogP contribution in [0, 0.1) is 5.92 Å². The maximum Gasteiger partial charge on any atom is 0.129 e. The first-order chi connectivity index (χ1) is 8.15. The minimum absolute atomic E-state index is 0.732. The van der Waals surface area contributed by atoms with E-state index in [-0.39, 0.29) is 0 Å². The summed E-state index contributed by atoms with van der Waals surface area (Å²) in [6.45, 7) is 2.30. The van der Waals surface area contributed by atoms with E-state index in [9.17, 15) is 0 Å². The quantitative estimate of drug-likeness (QED) is 0.813. The van der Waals surface area contributed by atoms with Crippen LogP contribution >= 0.6 is 0 Å². The first kappa shape index (κ1) is 10.4. The third-order valence-electron chi connectivity index (χ3n) is 3.64. The Morgan fingerprint density at radius 1 is 1.29 bits per heavy atom. The van der Waals surface area contributed by atoms with Crippen molar-refractivity contribution in [2.24, 2.45) is 13.0 Å². The molecule has 1 aromatic carbocycles. The first-order valence-electron chi connectivity index (χ1n) is 6.05. The number of aromatic nitrogens is 2. The molecule has 1 heterocycles. The van der Waals surface area contributed by atoms with Gasteiger partial charge in [-0.2, -0.15) is 5.10 Å². The van der Waals surface area contributed by atoms with Crippen molar-refractivity contribution in [3.05, 3.63) is 35.5 Å². The van der Waals surface area contributed by atoms with E-state index >= 15 is 0 Å². The number of nitrogen functional groups attached to an aromatic ring is 1. The summed E-state index contributed by atoms with van der Waals surface area (Å²) in [6, 6.07) is 6.66. The van der Waals surface area contributed by atoms with Crippen molar-refractivity contribution in [2.75, 3.05) is 5.73 Å². The summed E-state index contributed by atoms with van der Waals surface area (Å²) in [7, 11) is 1.87. The standard InChI is InChI=1S/C14H17N3/c1-9-5-10-3-4-11(7-12(10)6-9)13-8-16-17(2)14(13)15/h3-4,7-9H,5-6,15H2,1-2H3. The average Bonchev–Trinajstić information content (AvgIpc) is 2.81. The lowest BCUT2D eigenvalue weighted by Gasteiger charge is -2.04. The van der Waals surface area contributed by atoms with Crippen molar-refractivity contribution in [3.63, 3.8) is 0 Å². The lowest BCUT2D eigenvalue weighted by molar-refractivity contribution is 0.628. The zero-order chi connectivity index (χ0) is 12.0. The highest BCUT2D eigenvalue weighted by molar-refractivity contribution is 5.74. The van der Waals surface area contributed by atoms with Gasteiger partial charge in [0, 0.05) is 12.6 Å². The van der Waals surface area contributed by atoms with Gasteiger partial charge in [-0.15, -0.1) is 0 Å². The maximum absolute atomic E-state index is 6.01. The van der Waals surface area contributed by atoms with Crippen LogP contribution in [0.4, 0.5) is 5.82 Å². The zero-order valence-corrected chi connectivity index (χ0v) is 10.3. The molecule has 0 saturated heterocycles. The molecule has 1 aromatic heterocycles. The van der Waals surface area contributed by atoms with Gasteiger partial charge in [0.1, 0.15) is 5.82 Å². The van der Waals surface area contributed by atoms with E-state index in [0.29, 0.717) is 0 Å². The molecule has 1 aliphatic rings. The SMILES string of the molecule is CC1Cc2ccc(-c3cnn(C)c3N)cc2C1. The topological polar surface area (TPSA) is 43.8 Å². The number of benzene rings is 1. The van der Waals surface area contributed by atoms with Crippen molar-refractivity contribution < 1.29 is 0 Å². The van der Waals surface area contributed by atoms with Gasteiger partial charge in [0.05, 0.1) is 6.20 Å². The van der Waals surface area contributed by atoms with Gasteiger partial charge < -0.3 is 5.73 Å². The molecule has 0 amide bonds. The fourth-order valence-corrected chi connectivity index (χ4v) is 2.68. The largest absolute Gasteiger partial charge is 0.383 e. The molecule has 2 aromatic rings. The number of hydrogen-bond acceptors (Lipinski definition) is 2. The molecule has 17 heavy (non-hydrogen) atoms. The minimum Gasteiger partial charge on any atom is -0.383 e. The molecule has 3 rings (SSSR count). The first-order valence-corrected chi connectivity index (χ1v) is 6.05. The minimum atomic E-state index is 0.732.